The minimum absolute atomic E-state index is 0.288. The second-order valence-corrected chi connectivity index (χ2v) is 9.14. The molecule has 0 amide bonds. The van der Waals surface area contributed by atoms with E-state index in [9.17, 15) is 0 Å². The molecule has 2 saturated heterocycles. The second-order valence-electron chi connectivity index (χ2n) is 8.70. The Hall–Kier alpha value is -1.96. The van der Waals surface area contributed by atoms with Gasteiger partial charge in [-0.3, -0.25) is 0 Å². The normalized spacial score (nSPS) is 19.9. The van der Waals surface area contributed by atoms with Crippen LogP contribution in [-0.2, 0) is 4.74 Å². The molecule has 0 spiro atoms. The number of piperidine rings is 1. The molecular weight excluding hydrogens is 402 g/mol. The number of ether oxygens (including phenoxy) is 1. The zero-order chi connectivity index (χ0) is 20.7. The van der Waals surface area contributed by atoms with Gasteiger partial charge in [0.15, 0.2) is 0 Å². The van der Waals surface area contributed by atoms with E-state index in [0.717, 1.165) is 68.6 Å². The molecule has 7 nitrogen and oxygen atoms in total. The first-order valence-electron chi connectivity index (χ1n) is 10.9. The van der Waals surface area contributed by atoms with E-state index in [-0.39, 0.29) is 5.92 Å². The fourth-order valence-electron chi connectivity index (χ4n) is 4.73. The largest absolute Gasteiger partial charge is 0.381 e. The van der Waals surface area contributed by atoms with Gasteiger partial charge in [0.1, 0.15) is 0 Å². The standard InChI is InChI=1S/C22H28ClN5O2/c1-14(2)20-18-4-3-16(23)13-19(18)28(25-20)22-24-21(30-26-22)15-5-9-27(10-6-15)17-7-11-29-12-8-17/h3-4,13-15,17H,5-12H2,1-2H3. The van der Waals surface area contributed by atoms with E-state index in [0.29, 0.717) is 28.8 Å². The predicted molar refractivity (Wildman–Crippen MR) is 115 cm³/mol. The van der Waals surface area contributed by atoms with Crippen LogP contribution >= 0.6 is 11.6 Å². The number of fused-ring (bicyclic) bond motifs is 1. The third-order valence-electron chi connectivity index (χ3n) is 6.42. The van der Waals surface area contributed by atoms with Crippen molar-refractivity contribution in [2.45, 2.75) is 57.4 Å². The molecule has 2 aliphatic heterocycles. The first-order chi connectivity index (χ1) is 14.6. The first-order valence-corrected chi connectivity index (χ1v) is 11.3. The van der Waals surface area contributed by atoms with Crippen molar-refractivity contribution in [1.82, 2.24) is 24.8 Å². The highest BCUT2D eigenvalue weighted by Crippen LogP contribution is 2.32. The lowest BCUT2D eigenvalue weighted by molar-refractivity contribution is 0.0239. The van der Waals surface area contributed by atoms with Crippen LogP contribution in [0.2, 0.25) is 5.02 Å². The number of rotatable bonds is 4. The molecule has 8 heteroatoms. The molecule has 1 aromatic carbocycles. The summed E-state index contributed by atoms with van der Waals surface area (Å²) in [5.41, 5.74) is 1.92. The highest BCUT2D eigenvalue weighted by atomic mass is 35.5. The molecule has 0 atom stereocenters. The first kappa shape index (κ1) is 20.0. The average Bonchev–Trinajstić information content (AvgIpc) is 3.39. The maximum absolute atomic E-state index is 6.25. The van der Waals surface area contributed by atoms with Gasteiger partial charge in [-0.15, -0.1) is 0 Å². The molecule has 2 aliphatic rings. The summed E-state index contributed by atoms with van der Waals surface area (Å²) in [5.74, 6) is 1.79. The fraction of sp³-hybridized carbons (Fsp3) is 0.591. The van der Waals surface area contributed by atoms with E-state index in [4.69, 9.17) is 30.9 Å². The summed E-state index contributed by atoms with van der Waals surface area (Å²) in [5, 5.41) is 10.8. The Morgan fingerprint density at radius 3 is 2.60 bits per heavy atom. The Balaban J connectivity index is 1.36. The zero-order valence-corrected chi connectivity index (χ0v) is 18.3. The third-order valence-corrected chi connectivity index (χ3v) is 6.66. The molecule has 0 saturated carbocycles. The third kappa shape index (κ3) is 3.74. The number of nitrogens with zero attached hydrogens (tertiary/aromatic N) is 5. The van der Waals surface area contributed by atoms with E-state index in [1.807, 2.05) is 18.2 Å². The topological polar surface area (TPSA) is 69.2 Å². The smallest absolute Gasteiger partial charge is 0.291 e. The van der Waals surface area contributed by atoms with Gasteiger partial charge in [-0.05, 0) is 68.0 Å². The van der Waals surface area contributed by atoms with E-state index in [1.54, 1.807) is 4.68 Å². The number of hydrogen-bond donors (Lipinski definition) is 0. The van der Waals surface area contributed by atoms with Crippen LogP contribution in [0.5, 0.6) is 0 Å². The molecule has 2 aromatic heterocycles. The summed E-state index contributed by atoms with van der Waals surface area (Å²) < 4.78 is 13.0. The Bertz CT molecular complexity index is 1020. The van der Waals surface area contributed by atoms with Crippen molar-refractivity contribution >= 4 is 22.5 Å². The monoisotopic (exact) mass is 429 g/mol. The highest BCUT2D eigenvalue weighted by molar-refractivity contribution is 6.31. The van der Waals surface area contributed by atoms with E-state index in [2.05, 4.69) is 23.9 Å². The van der Waals surface area contributed by atoms with Gasteiger partial charge in [0.05, 0.1) is 11.2 Å². The number of halogens is 1. The van der Waals surface area contributed by atoms with Gasteiger partial charge in [-0.1, -0.05) is 25.4 Å². The van der Waals surface area contributed by atoms with Crippen molar-refractivity contribution in [3.8, 4) is 5.95 Å². The predicted octanol–water partition coefficient (Wildman–Crippen LogP) is 4.54. The SMILES string of the molecule is CC(C)c1nn(-c2noc(C3CCN(C4CCOCC4)CC3)n2)c2cc(Cl)ccc12. The maximum atomic E-state index is 6.25. The molecule has 0 bridgehead atoms. The maximum Gasteiger partial charge on any atom is 0.291 e. The van der Waals surface area contributed by atoms with Gasteiger partial charge >= 0.3 is 0 Å². The summed E-state index contributed by atoms with van der Waals surface area (Å²) in [6, 6.07) is 6.49. The summed E-state index contributed by atoms with van der Waals surface area (Å²) in [6.07, 6.45) is 4.37. The van der Waals surface area contributed by atoms with Crippen molar-refractivity contribution in [3.05, 3.63) is 34.8 Å². The van der Waals surface area contributed by atoms with Crippen molar-refractivity contribution in [2.24, 2.45) is 0 Å². The van der Waals surface area contributed by atoms with Crippen LogP contribution in [0, 0.1) is 0 Å². The molecule has 3 aromatic rings. The van der Waals surface area contributed by atoms with Crippen molar-refractivity contribution < 1.29 is 9.26 Å². The molecule has 160 valence electrons. The second kappa shape index (κ2) is 8.29. The lowest BCUT2D eigenvalue weighted by atomic mass is 9.94. The minimum Gasteiger partial charge on any atom is -0.381 e. The van der Waals surface area contributed by atoms with Gasteiger partial charge in [0.2, 0.25) is 5.89 Å². The van der Waals surface area contributed by atoms with Crippen LogP contribution in [0.25, 0.3) is 16.9 Å². The molecule has 0 aliphatic carbocycles. The van der Waals surface area contributed by atoms with Crippen LogP contribution in [0.15, 0.2) is 22.7 Å². The number of hydrogen-bond acceptors (Lipinski definition) is 6. The quantitative estimate of drug-likeness (QED) is 0.606. The van der Waals surface area contributed by atoms with Crippen molar-refractivity contribution in [2.75, 3.05) is 26.3 Å². The molecule has 30 heavy (non-hydrogen) atoms. The summed E-state index contributed by atoms with van der Waals surface area (Å²) in [4.78, 5) is 7.34. The van der Waals surface area contributed by atoms with Crippen LogP contribution in [0.1, 0.15) is 63.0 Å². The minimum atomic E-state index is 0.288. The summed E-state index contributed by atoms with van der Waals surface area (Å²) in [7, 11) is 0. The molecule has 4 heterocycles. The number of aromatic nitrogens is 4. The fourth-order valence-corrected chi connectivity index (χ4v) is 4.90. The molecule has 0 radical (unpaired) electrons. The number of benzene rings is 1. The lowest BCUT2D eigenvalue weighted by Crippen LogP contribution is -2.43. The van der Waals surface area contributed by atoms with Gasteiger partial charge in [0, 0.05) is 35.6 Å². The Labute approximate surface area is 181 Å². The van der Waals surface area contributed by atoms with Crippen LogP contribution in [-0.4, -0.2) is 57.2 Å². The van der Waals surface area contributed by atoms with Gasteiger partial charge in [-0.2, -0.15) is 14.8 Å². The highest BCUT2D eigenvalue weighted by Gasteiger charge is 2.30. The summed E-state index contributed by atoms with van der Waals surface area (Å²) in [6.45, 7) is 8.19. The Morgan fingerprint density at radius 1 is 1.10 bits per heavy atom. The van der Waals surface area contributed by atoms with Gasteiger partial charge < -0.3 is 14.2 Å². The van der Waals surface area contributed by atoms with Gasteiger partial charge in [0.25, 0.3) is 5.95 Å². The van der Waals surface area contributed by atoms with E-state index in [1.165, 1.54) is 0 Å². The van der Waals surface area contributed by atoms with Gasteiger partial charge in [-0.25, -0.2) is 0 Å². The lowest BCUT2D eigenvalue weighted by Gasteiger charge is -2.38. The molecule has 0 unspecified atom stereocenters. The Morgan fingerprint density at radius 2 is 1.87 bits per heavy atom. The zero-order valence-electron chi connectivity index (χ0n) is 17.6. The number of likely N-dealkylation sites (tertiary alicyclic amines) is 1. The molecule has 2 fully saturated rings. The van der Waals surface area contributed by atoms with E-state index >= 15 is 0 Å². The van der Waals surface area contributed by atoms with Crippen LogP contribution in [0.3, 0.4) is 0 Å². The van der Waals surface area contributed by atoms with Crippen LogP contribution < -0.4 is 0 Å². The van der Waals surface area contributed by atoms with Crippen LogP contribution in [0.4, 0.5) is 0 Å². The summed E-state index contributed by atoms with van der Waals surface area (Å²) >= 11 is 6.25. The molecule has 5 rings (SSSR count). The van der Waals surface area contributed by atoms with Crippen molar-refractivity contribution in [3.63, 3.8) is 0 Å². The average molecular weight is 430 g/mol. The molecule has 0 N–H and O–H groups in total. The van der Waals surface area contributed by atoms with Crippen molar-refractivity contribution in [1.29, 1.82) is 0 Å². The van der Waals surface area contributed by atoms with E-state index < -0.39 is 0 Å². The molecular formula is C22H28ClN5O2. The Kier molecular flexibility index (Phi) is 5.52.